The molecule has 2 bridgehead atoms. The lowest BCUT2D eigenvalue weighted by molar-refractivity contribution is -0.131. The number of amides is 1. The highest BCUT2D eigenvalue weighted by molar-refractivity contribution is 5.79. The lowest BCUT2D eigenvalue weighted by Crippen LogP contribution is -2.57. The van der Waals surface area contributed by atoms with Crippen LogP contribution < -0.4 is 10.2 Å². The Kier molecular flexibility index (Phi) is 5.41. The number of benzene rings is 1. The van der Waals surface area contributed by atoms with Crippen molar-refractivity contribution < 1.29 is 13.6 Å². The van der Waals surface area contributed by atoms with Crippen molar-refractivity contribution in [2.45, 2.75) is 31.5 Å². The van der Waals surface area contributed by atoms with Gasteiger partial charge in [-0.1, -0.05) is 6.07 Å². The van der Waals surface area contributed by atoms with Gasteiger partial charge in [0.05, 0.1) is 12.1 Å². The largest absolute Gasteiger partial charge is 0.347 e. The van der Waals surface area contributed by atoms with Gasteiger partial charge in [0.2, 0.25) is 5.91 Å². The van der Waals surface area contributed by atoms with E-state index in [0.717, 1.165) is 24.7 Å². The normalized spacial score (nSPS) is 20.6. The van der Waals surface area contributed by atoms with E-state index >= 15 is 0 Å². The van der Waals surface area contributed by atoms with Gasteiger partial charge in [-0.05, 0) is 31.0 Å². The zero-order valence-corrected chi connectivity index (χ0v) is 15.8. The summed E-state index contributed by atoms with van der Waals surface area (Å²) in [7, 11) is 0. The number of nitriles is 1. The molecule has 2 aromatic rings. The Hall–Kier alpha value is -3.05. The van der Waals surface area contributed by atoms with E-state index in [1.807, 2.05) is 11.0 Å². The van der Waals surface area contributed by atoms with E-state index in [1.54, 1.807) is 12.3 Å². The minimum atomic E-state index is -0.619. The molecule has 4 rings (SSSR count). The van der Waals surface area contributed by atoms with E-state index < -0.39 is 11.6 Å². The van der Waals surface area contributed by atoms with Crippen LogP contribution in [0.4, 0.5) is 14.6 Å². The topological polar surface area (TPSA) is 72.3 Å². The van der Waals surface area contributed by atoms with Crippen LogP contribution in [0.1, 0.15) is 24.0 Å². The van der Waals surface area contributed by atoms with Gasteiger partial charge in [0.15, 0.2) is 0 Å². The van der Waals surface area contributed by atoms with Crippen LogP contribution in [0.3, 0.4) is 0 Å². The second-order valence-corrected chi connectivity index (χ2v) is 7.45. The van der Waals surface area contributed by atoms with E-state index in [0.29, 0.717) is 24.2 Å². The molecule has 3 heterocycles. The van der Waals surface area contributed by atoms with E-state index in [1.165, 1.54) is 12.1 Å². The van der Waals surface area contributed by atoms with Crippen molar-refractivity contribution in [3.8, 4) is 6.07 Å². The third-order valence-electron chi connectivity index (χ3n) is 5.58. The Morgan fingerprint density at radius 2 is 1.97 bits per heavy atom. The van der Waals surface area contributed by atoms with E-state index in [9.17, 15) is 13.6 Å². The molecule has 1 N–H and O–H groups in total. The molecule has 0 aliphatic carbocycles. The molecule has 29 heavy (non-hydrogen) atoms. The molecule has 2 atom stereocenters. The quantitative estimate of drug-likeness (QED) is 0.838. The number of aromatic nitrogens is 1. The van der Waals surface area contributed by atoms with Crippen LogP contribution in [0.2, 0.25) is 0 Å². The van der Waals surface area contributed by atoms with Gasteiger partial charge in [-0.3, -0.25) is 4.79 Å². The summed E-state index contributed by atoms with van der Waals surface area (Å²) in [5, 5.41) is 11.9. The molecular weight excluding hydrogens is 376 g/mol. The summed E-state index contributed by atoms with van der Waals surface area (Å²) in [6.07, 6.45) is 3.56. The number of nitrogens with zero attached hydrogens (tertiary/aromatic N) is 4. The van der Waals surface area contributed by atoms with Crippen LogP contribution in [0.5, 0.6) is 0 Å². The van der Waals surface area contributed by atoms with Crippen molar-refractivity contribution in [2.24, 2.45) is 0 Å². The maximum Gasteiger partial charge on any atom is 0.236 e. The van der Waals surface area contributed by atoms with Gasteiger partial charge in [-0.25, -0.2) is 13.8 Å². The zero-order chi connectivity index (χ0) is 20.4. The van der Waals surface area contributed by atoms with Crippen molar-refractivity contribution in [3.05, 3.63) is 59.3 Å². The molecule has 0 radical (unpaired) electrons. The predicted molar refractivity (Wildman–Crippen MR) is 103 cm³/mol. The number of likely N-dealkylation sites (tertiary alicyclic amines) is 1. The fraction of sp³-hybridized carbons (Fsp3) is 0.381. The van der Waals surface area contributed by atoms with Gasteiger partial charge in [0.1, 0.15) is 23.5 Å². The molecule has 2 aliphatic rings. The highest BCUT2D eigenvalue weighted by atomic mass is 19.1. The summed E-state index contributed by atoms with van der Waals surface area (Å²) in [5.74, 6) is -0.427. The molecular formula is C21H21F2N5O. The molecule has 1 aromatic heterocycles. The van der Waals surface area contributed by atoms with Crippen molar-refractivity contribution in [2.75, 3.05) is 24.5 Å². The number of nitrogens with one attached hydrogen (secondary N) is 1. The van der Waals surface area contributed by atoms with E-state index in [2.05, 4.69) is 21.3 Å². The molecule has 2 saturated heterocycles. The molecule has 8 heteroatoms. The van der Waals surface area contributed by atoms with Gasteiger partial charge < -0.3 is 15.1 Å². The van der Waals surface area contributed by atoms with Crippen molar-refractivity contribution in [1.29, 1.82) is 5.26 Å². The molecule has 6 nitrogen and oxygen atoms in total. The summed E-state index contributed by atoms with van der Waals surface area (Å²) in [5.41, 5.74) is 0.856. The van der Waals surface area contributed by atoms with Gasteiger partial charge in [-0.15, -0.1) is 0 Å². The van der Waals surface area contributed by atoms with Crippen LogP contribution in [-0.2, 0) is 11.3 Å². The minimum absolute atomic E-state index is 0.0307. The Bertz CT molecular complexity index is 929. The van der Waals surface area contributed by atoms with Gasteiger partial charge in [0, 0.05) is 49.5 Å². The number of rotatable bonds is 5. The Morgan fingerprint density at radius 3 is 2.59 bits per heavy atom. The minimum Gasteiger partial charge on any atom is -0.347 e. The smallest absolute Gasteiger partial charge is 0.236 e. The first-order valence-corrected chi connectivity index (χ1v) is 9.62. The monoisotopic (exact) mass is 397 g/mol. The van der Waals surface area contributed by atoms with Crippen molar-refractivity contribution in [3.63, 3.8) is 0 Å². The van der Waals surface area contributed by atoms with Gasteiger partial charge >= 0.3 is 0 Å². The fourth-order valence-electron chi connectivity index (χ4n) is 4.17. The number of hydrogen-bond acceptors (Lipinski definition) is 5. The molecule has 2 unspecified atom stereocenters. The van der Waals surface area contributed by atoms with Crippen LogP contribution in [0, 0.1) is 23.0 Å². The lowest BCUT2D eigenvalue weighted by Gasteiger charge is -2.41. The van der Waals surface area contributed by atoms with Crippen molar-refractivity contribution in [1.82, 2.24) is 15.2 Å². The summed E-state index contributed by atoms with van der Waals surface area (Å²) in [4.78, 5) is 21.1. The average Bonchev–Trinajstić information content (AvgIpc) is 2.98. The Balaban J connectivity index is 1.33. The standard InChI is InChI=1S/C21H21F2N5O/c22-16-3-2-15(19(23)7-16)10-25-11-21(29)27-12-17-4-5-18(13-27)28(17)20-6-1-14(8-24)9-26-20/h1-3,6-7,9,17-18,25H,4-5,10-13H2. The molecule has 0 saturated carbocycles. The number of piperazine rings is 1. The van der Waals surface area contributed by atoms with Gasteiger partial charge in [0.25, 0.3) is 0 Å². The molecule has 2 aliphatic heterocycles. The van der Waals surface area contributed by atoms with E-state index in [-0.39, 0.29) is 31.1 Å². The summed E-state index contributed by atoms with van der Waals surface area (Å²) < 4.78 is 26.7. The fourth-order valence-corrected chi connectivity index (χ4v) is 4.17. The lowest BCUT2D eigenvalue weighted by atomic mass is 10.1. The number of carbonyl (C=O) groups is 1. The van der Waals surface area contributed by atoms with Crippen LogP contribution in [0.25, 0.3) is 0 Å². The zero-order valence-electron chi connectivity index (χ0n) is 15.8. The number of fused-ring (bicyclic) bond motifs is 2. The summed E-state index contributed by atoms with van der Waals surface area (Å²) in [6.45, 7) is 1.50. The summed E-state index contributed by atoms with van der Waals surface area (Å²) in [6, 6.07) is 9.52. The van der Waals surface area contributed by atoms with Crippen LogP contribution in [0.15, 0.2) is 36.5 Å². The second-order valence-electron chi connectivity index (χ2n) is 7.45. The van der Waals surface area contributed by atoms with E-state index in [4.69, 9.17) is 5.26 Å². The third-order valence-corrected chi connectivity index (χ3v) is 5.58. The molecule has 0 spiro atoms. The Labute approximate surface area is 167 Å². The molecule has 2 fully saturated rings. The first kappa shape index (κ1) is 19.3. The third kappa shape index (κ3) is 4.05. The first-order valence-electron chi connectivity index (χ1n) is 9.62. The maximum absolute atomic E-state index is 13.7. The first-order chi connectivity index (χ1) is 14.0. The summed E-state index contributed by atoms with van der Waals surface area (Å²) >= 11 is 0. The number of anilines is 1. The number of halogens is 2. The number of hydrogen-bond donors (Lipinski definition) is 1. The number of carbonyl (C=O) groups excluding carboxylic acids is 1. The molecule has 150 valence electrons. The van der Waals surface area contributed by atoms with Crippen LogP contribution >= 0.6 is 0 Å². The second kappa shape index (κ2) is 8.13. The molecule has 1 aromatic carbocycles. The van der Waals surface area contributed by atoms with Crippen molar-refractivity contribution >= 4 is 11.7 Å². The average molecular weight is 397 g/mol. The van der Waals surface area contributed by atoms with Crippen LogP contribution in [-0.4, -0.2) is 47.5 Å². The Morgan fingerprint density at radius 1 is 1.21 bits per heavy atom. The number of pyridine rings is 1. The maximum atomic E-state index is 13.7. The molecule has 1 amide bonds. The van der Waals surface area contributed by atoms with Gasteiger partial charge in [-0.2, -0.15) is 5.26 Å². The highest BCUT2D eigenvalue weighted by Crippen LogP contribution is 2.33. The predicted octanol–water partition coefficient (Wildman–Crippen LogP) is 2.20. The highest BCUT2D eigenvalue weighted by Gasteiger charge is 2.41. The SMILES string of the molecule is N#Cc1ccc(N2C3CCC2CN(C(=O)CNCc2ccc(F)cc2F)C3)nc1.